The van der Waals surface area contributed by atoms with Crippen LogP contribution in [0.2, 0.25) is 0 Å². The van der Waals surface area contributed by atoms with Crippen molar-refractivity contribution in [2.45, 2.75) is 31.7 Å². The van der Waals surface area contributed by atoms with Gasteiger partial charge in [0.05, 0.1) is 12.5 Å². The van der Waals surface area contributed by atoms with Crippen LogP contribution in [-0.4, -0.2) is 42.9 Å². The zero-order valence-electron chi connectivity index (χ0n) is 8.99. The fraction of sp³-hybridized carbons (Fsp3) is 0.900. The molecule has 1 saturated heterocycles. The van der Waals surface area contributed by atoms with Gasteiger partial charge in [-0.15, -0.1) is 12.4 Å². The Morgan fingerprint density at radius 2 is 2.06 bits per heavy atom. The number of rotatable bonds is 4. The first kappa shape index (κ1) is 13.6. The highest BCUT2D eigenvalue weighted by Crippen LogP contribution is 2.29. The van der Waals surface area contributed by atoms with Crippen molar-refractivity contribution in [3.8, 4) is 0 Å². The Morgan fingerprint density at radius 1 is 1.38 bits per heavy atom. The summed E-state index contributed by atoms with van der Waals surface area (Å²) in [7, 11) is 0. The average Bonchev–Trinajstić information content (AvgIpc) is 2.88. The van der Waals surface area contributed by atoms with E-state index in [1.807, 2.05) is 0 Å². The largest absolute Gasteiger partial charge is 0.334 e. The van der Waals surface area contributed by atoms with E-state index < -0.39 is 6.43 Å². The van der Waals surface area contributed by atoms with Crippen molar-refractivity contribution in [1.29, 1.82) is 0 Å². The highest BCUT2D eigenvalue weighted by atomic mass is 35.5. The number of hydrogen-bond acceptors (Lipinski definition) is 2. The van der Waals surface area contributed by atoms with Gasteiger partial charge in [0, 0.05) is 12.6 Å². The number of amides is 1. The summed E-state index contributed by atoms with van der Waals surface area (Å²) in [6.07, 6.45) is 0.145. The molecule has 0 bridgehead atoms. The van der Waals surface area contributed by atoms with E-state index in [2.05, 4.69) is 5.32 Å². The number of nitrogens with zero attached hydrogens (tertiary/aromatic N) is 1. The normalized spacial score (nSPS) is 24.3. The number of nitrogens with one attached hydrogen (secondary N) is 1. The van der Waals surface area contributed by atoms with Gasteiger partial charge in [-0.05, 0) is 25.8 Å². The summed E-state index contributed by atoms with van der Waals surface area (Å²) in [5.41, 5.74) is 0. The van der Waals surface area contributed by atoms with Crippen molar-refractivity contribution in [2.24, 2.45) is 5.92 Å². The first-order valence-corrected chi connectivity index (χ1v) is 5.48. The fourth-order valence-electron chi connectivity index (χ4n) is 2.05. The number of hydrogen-bond donors (Lipinski definition) is 1. The molecule has 1 amide bonds. The van der Waals surface area contributed by atoms with E-state index in [0.717, 1.165) is 25.8 Å². The van der Waals surface area contributed by atoms with E-state index in [9.17, 15) is 13.6 Å². The lowest BCUT2D eigenvalue weighted by Gasteiger charge is -2.24. The zero-order chi connectivity index (χ0) is 10.8. The maximum Gasteiger partial charge on any atom is 0.255 e. The van der Waals surface area contributed by atoms with E-state index in [-0.39, 0.29) is 36.8 Å². The molecular formula is C10H17ClF2N2O. The Labute approximate surface area is 100.0 Å². The van der Waals surface area contributed by atoms with Crippen LogP contribution in [0.25, 0.3) is 0 Å². The number of alkyl halides is 2. The van der Waals surface area contributed by atoms with Crippen molar-refractivity contribution in [3.63, 3.8) is 0 Å². The molecule has 1 aliphatic heterocycles. The SMILES string of the molecule is Cl.O=C([C@@H]1CCNC1)N(CC(F)F)C1CC1. The third-order valence-corrected chi connectivity index (χ3v) is 3.01. The summed E-state index contributed by atoms with van der Waals surface area (Å²) in [5.74, 6) is -0.160. The van der Waals surface area contributed by atoms with E-state index in [0.29, 0.717) is 6.54 Å². The van der Waals surface area contributed by atoms with E-state index in [4.69, 9.17) is 0 Å². The Kier molecular flexibility index (Phi) is 4.92. The molecule has 1 aliphatic carbocycles. The smallest absolute Gasteiger partial charge is 0.255 e. The Balaban J connectivity index is 0.00000128. The zero-order valence-corrected chi connectivity index (χ0v) is 9.81. The van der Waals surface area contributed by atoms with Gasteiger partial charge < -0.3 is 10.2 Å². The summed E-state index contributed by atoms with van der Waals surface area (Å²) >= 11 is 0. The lowest BCUT2D eigenvalue weighted by Crippen LogP contribution is -2.41. The maximum atomic E-state index is 12.3. The van der Waals surface area contributed by atoms with Crippen LogP contribution in [0.3, 0.4) is 0 Å². The third kappa shape index (κ3) is 3.28. The van der Waals surface area contributed by atoms with Gasteiger partial charge >= 0.3 is 0 Å². The number of halogens is 3. The molecule has 6 heteroatoms. The van der Waals surface area contributed by atoms with Gasteiger partial charge in [-0.2, -0.15) is 0 Å². The molecular weight excluding hydrogens is 238 g/mol. The minimum atomic E-state index is -2.41. The van der Waals surface area contributed by atoms with Crippen LogP contribution in [0.1, 0.15) is 19.3 Å². The van der Waals surface area contributed by atoms with Crippen LogP contribution in [-0.2, 0) is 4.79 Å². The predicted octanol–water partition coefficient (Wildman–Crippen LogP) is 1.27. The molecule has 2 rings (SSSR count). The molecule has 0 spiro atoms. The van der Waals surface area contributed by atoms with Crippen LogP contribution in [0.5, 0.6) is 0 Å². The van der Waals surface area contributed by atoms with Crippen molar-refractivity contribution < 1.29 is 13.6 Å². The Hall–Kier alpha value is -0.420. The van der Waals surface area contributed by atoms with E-state index >= 15 is 0 Å². The number of carbonyl (C=O) groups excluding carboxylic acids is 1. The Morgan fingerprint density at radius 3 is 2.50 bits per heavy atom. The van der Waals surface area contributed by atoms with Gasteiger partial charge in [-0.1, -0.05) is 0 Å². The lowest BCUT2D eigenvalue weighted by molar-refractivity contribution is -0.137. The van der Waals surface area contributed by atoms with E-state index in [1.165, 1.54) is 4.90 Å². The summed E-state index contributed by atoms with van der Waals surface area (Å²) in [4.78, 5) is 13.3. The minimum Gasteiger partial charge on any atom is -0.334 e. The topological polar surface area (TPSA) is 32.3 Å². The van der Waals surface area contributed by atoms with Gasteiger partial charge in [0.25, 0.3) is 6.43 Å². The highest BCUT2D eigenvalue weighted by Gasteiger charge is 2.37. The fourth-order valence-corrected chi connectivity index (χ4v) is 2.05. The molecule has 16 heavy (non-hydrogen) atoms. The van der Waals surface area contributed by atoms with Crippen LogP contribution < -0.4 is 5.32 Å². The van der Waals surface area contributed by atoms with Gasteiger partial charge in [0.15, 0.2) is 0 Å². The molecule has 0 aromatic heterocycles. The molecule has 1 saturated carbocycles. The van der Waals surface area contributed by atoms with Gasteiger partial charge in [-0.3, -0.25) is 4.79 Å². The molecule has 0 radical (unpaired) electrons. The highest BCUT2D eigenvalue weighted by molar-refractivity contribution is 5.85. The van der Waals surface area contributed by atoms with Crippen molar-refractivity contribution >= 4 is 18.3 Å². The summed E-state index contributed by atoms with van der Waals surface area (Å²) in [5, 5.41) is 3.09. The van der Waals surface area contributed by atoms with Gasteiger partial charge in [0.1, 0.15) is 0 Å². The quantitative estimate of drug-likeness (QED) is 0.820. The first-order valence-electron chi connectivity index (χ1n) is 5.48. The molecule has 94 valence electrons. The second kappa shape index (κ2) is 5.77. The van der Waals surface area contributed by atoms with Crippen molar-refractivity contribution in [3.05, 3.63) is 0 Å². The second-order valence-corrected chi connectivity index (χ2v) is 4.30. The molecule has 0 unspecified atom stereocenters. The molecule has 2 aliphatic rings. The second-order valence-electron chi connectivity index (χ2n) is 4.30. The van der Waals surface area contributed by atoms with Crippen LogP contribution >= 0.6 is 12.4 Å². The Bertz CT molecular complexity index is 243. The minimum absolute atomic E-state index is 0. The van der Waals surface area contributed by atoms with Crippen molar-refractivity contribution in [2.75, 3.05) is 19.6 Å². The molecule has 0 aromatic rings. The van der Waals surface area contributed by atoms with Crippen LogP contribution in [0.4, 0.5) is 8.78 Å². The predicted molar refractivity (Wildman–Crippen MR) is 59.0 cm³/mol. The van der Waals surface area contributed by atoms with Gasteiger partial charge in [0.2, 0.25) is 5.91 Å². The molecule has 1 heterocycles. The van der Waals surface area contributed by atoms with Crippen LogP contribution in [0, 0.1) is 5.92 Å². The average molecular weight is 255 g/mol. The maximum absolute atomic E-state index is 12.3. The van der Waals surface area contributed by atoms with Crippen LogP contribution in [0.15, 0.2) is 0 Å². The molecule has 3 nitrogen and oxygen atoms in total. The summed E-state index contributed by atoms with van der Waals surface area (Å²) in [6, 6.07) is 0.0899. The molecule has 0 aromatic carbocycles. The molecule has 2 fully saturated rings. The third-order valence-electron chi connectivity index (χ3n) is 3.01. The molecule has 1 N–H and O–H groups in total. The standard InChI is InChI=1S/C10H16F2N2O.ClH/c11-9(12)6-14(8-1-2-8)10(15)7-3-4-13-5-7;/h7-9,13H,1-6H2;1H/t7-;/m1./s1. The monoisotopic (exact) mass is 254 g/mol. The van der Waals surface area contributed by atoms with Crippen molar-refractivity contribution in [1.82, 2.24) is 10.2 Å². The lowest BCUT2D eigenvalue weighted by atomic mass is 10.1. The summed E-state index contributed by atoms with van der Waals surface area (Å²) < 4.78 is 24.6. The first-order chi connectivity index (χ1) is 7.18. The summed E-state index contributed by atoms with van der Waals surface area (Å²) in [6.45, 7) is 1.08. The van der Waals surface area contributed by atoms with Gasteiger partial charge in [-0.25, -0.2) is 8.78 Å². The van der Waals surface area contributed by atoms with E-state index in [1.54, 1.807) is 0 Å². The molecule has 1 atom stereocenters. The number of carbonyl (C=O) groups is 1.